The second kappa shape index (κ2) is 5.25. The summed E-state index contributed by atoms with van der Waals surface area (Å²) in [6, 6.07) is 0.555. The van der Waals surface area contributed by atoms with Crippen LogP contribution in [0.3, 0.4) is 0 Å². The maximum absolute atomic E-state index is 10.3. The first-order valence-electron chi connectivity index (χ1n) is 7.04. The van der Waals surface area contributed by atoms with Crippen molar-refractivity contribution in [3.8, 4) is 0 Å². The van der Waals surface area contributed by atoms with Gasteiger partial charge in [-0.15, -0.1) is 0 Å². The predicted molar refractivity (Wildman–Crippen MR) is 69.0 cm³/mol. The van der Waals surface area contributed by atoms with E-state index in [9.17, 15) is 5.11 Å². The minimum atomic E-state index is -0.136. The molecule has 0 aromatic heterocycles. The average molecular weight is 241 g/mol. The van der Waals surface area contributed by atoms with Gasteiger partial charge in [-0.2, -0.15) is 0 Å². The molecule has 3 atom stereocenters. The van der Waals surface area contributed by atoms with Gasteiger partial charge in [0.25, 0.3) is 0 Å². The molecule has 17 heavy (non-hydrogen) atoms. The predicted octanol–water partition coefficient (Wildman–Crippen LogP) is 1.89. The zero-order valence-electron chi connectivity index (χ0n) is 11.5. The van der Waals surface area contributed by atoms with Gasteiger partial charge in [-0.25, -0.2) is 0 Å². The first-order valence-corrected chi connectivity index (χ1v) is 7.04. The summed E-state index contributed by atoms with van der Waals surface area (Å²) in [4.78, 5) is 2.53. The molecular formula is C14H27NO2. The number of rotatable bonds is 3. The Balaban J connectivity index is 1.92. The zero-order valence-corrected chi connectivity index (χ0v) is 11.5. The number of morpholine rings is 1. The molecule has 2 fully saturated rings. The molecule has 1 aliphatic carbocycles. The van der Waals surface area contributed by atoms with Crippen molar-refractivity contribution < 1.29 is 9.84 Å². The Morgan fingerprint density at radius 3 is 2.76 bits per heavy atom. The fourth-order valence-corrected chi connectivity index (χ4v) is 3.30. The molecule has 2 rings (SSSR count). The standard InChI is InChI=1S/C14H27NO2/c1-4-12-10-17-8-7-15(12)9-11-5-6-14(2,3)13(11)16/h11-13,16H,4-10H2,1-3H3. The van der Waals surface area contributed by atoms with Gasteiger partial charge in [0.2, 0.25) is 0 Å². The van der Waals surface area contributed by atoms with Crippen molar-refractivity contribution in [1.29, 1.82) is 0 Å². The van der Waals surface area contributed by atoms with Crippen LogP contribution in [0.5, 0.6) is 0 Å². The van der Waals surface area contributed by atoms with E-state index < -0.39 is 0 Å². The van der Waals surface area contributed by atoms with Gasteiger partial charge in [0, 0.05) is 19.1 Å². The number of aliphatic hydroxyl groups excluding tert-OH is 1. The molecule has 2 aliphatic rings. The SMILES string of the molecule is CCC1COCCN1CC1CCC(C)(C)C1O. The van der Waals surface area contributed by atoms with Gasteiger partial charge >= 0.3 is 0 Å². The summed E-state index contributed by atoms with van der Waals surface area (Å²) in [5, 5.41) is 10.3. The lowest BCUT2D eigenvalue weighted by Crippen LogP contribution is -2.48. The van der Waals surface area contributed by atoms with Crippen LogP contribution in [0.2, 0.25) is 0 Å². The number of hydrogen-bond acceptors (Lipinski definition) is 3. The largest absolute Gasteiger partial charge is 0.392 e. The van der Waals surface area contributed by atoms with E-state index in [1.165, 1.54) is 6.42 Å². The summed E-state index contributed by atoms with van der Waals surface area (Å²) in [6.45, 7) is 10.4. The van der Waals surface area contributed by atoms with E-state index >= 15 is 0 Å². The van der Waals surface area contributed by atoms with Crippen LogP contribution in [0, 0.1) is 11.3 Å². The summed E-state index contributed by atoms with van der Waals surface area (Å²) < 4.78 is 5.53. The molecule has 1 saturated carbocycles. The Morgan fingerprint density at radius 1 is 1.41 bits per heavy atom. The Hall–Kier alpha value is -0.120. The molecule has 1 heterocycles. The summed E-state index contributed by atoms with van der Waals surface area (Å²) in [5.74, 6) is 0.456. The molecule has 0 amide bonds. The van der Waals surface area contributed by atoms with E-state index in [0.717, 1.165) is 39.1 Å². The molecule has 3 unspecified atom stereocenters. The Bertz CT molecular complexity index is 255. The van der Waals surface area contributed by atoms with Crippen LogP contribution in [0.15, 0.2) is 0 Å². The van der Waals surface area contributed by atoms with Crippen molar-refractivity contribution in [3.63, 3.8) is 0 Å². The Labute approximate surface area is 105 Å². The number of nitrogens with zero attached hydrogens (tertiary/aromatic N) is 1. The summed E-state index contributed by atoms with van der Waals surface area (Å²) in [6.07, 6.45) is 3.33. The maximum atomic E-state index is 10.3. The third-order valence-electron chi connectivity index (χ3n) is 4.70. The van der Waals surface area contributed by atoms with E-state index in [0.29, 0.717) is 12.0 Å². The Kier molecular flexibility index (Phi) is 4.11. The van der Waals surface area contributed by atoms with Gasteiger partial charge in [0.05, 0.1) is 19.3 Å². The highest BCUT2D eigenvalue weighted by Crippen LogP contribution is 2.41. The summed E-state index contributed by atoms with van der Waals surface area (Å²) in [5.41, 5.74) is 0.110. The van der Waals surface area contributed by atoms with Gasteiger partial charge in [0.1, 0.15) is 0 Å². The first kappa shape index (κ1) is 13.3. The van der Waals surface area contributed by atoms with E-state index in [-0.39, 0.29) is 11.5 Å². The highest BCUT2D eigenvalue weighted by atomic mass is 16.5. The molecule has 1 N–H and O–H groups in total. The van der Waals surface area contributed by atoms with E-state index in [1.54, 1.807) is 0 Å². The fourth-order valence-electron chi connectivity index (χ4n) is 3.30. The van der Waals surface area contributed by atoms with Crippen molar-refractivity contribution in [3.05, 3.63) is 0 Å². The van der Waals surface area contributed by atoms with Crippen molar-refractivity contribution in [2.75, 3.05) is 26.3 Å². The lowest BCUT2D eigenvalue weighted by Gasteiger charge is -2.38. The van der Waals surface area contributed by atoms with Gasteiger partial charge < -0.3 is 9.84 Å². The minimum Gasteiger partial charge on any atom is -0.392 e. The maximum Gasteiger partial charge on any atom is 0.0631 e. The summed E-state index contributed by atoms with van der Waals surface area (Å²) >= 11 is 0. The lowest BCUT2D eigenvalue weighted by molar-refractivity contribution is -0.0319. The highest BCUT2D eigenvalue weighted by Gasteiger charge is 2.41. The molecule has 1 saturated heterocycles. The highest BCUT2D eigenvalue weighted by molar-refractivity contribution is 4.93. The third-order valence-corrected chi connectivity index (χ3v) is 4.70. The minimum absolute atomic E-state index is 0.110. The van der Waals surface area contributed by atoms with E-state index in [4.69, 9.17) is 4.74 Å². The summed E-state index contributed by atoms with van der Waals surface area (Å²) in [7, 11) is 0. The van der Waals surface area contributed by atoms with E-state index in [1.807, 2.05) is 0 Å². The van der Waals surface area contributed by atoms with E-state index in [2.05, 4.69) is 25.7 Å². The molecule has 0 radical (unpaired) electrons. The first-order chi connectivity index (χ1) is 8.04. The normalized spacial score (nSPS) is 38.5. The van der Waals surface area contributed by atoms with Crippen molar-refractivity contribution in [2.45, 2.75) is 52.2 Å². The quantitative estimate of drug-likeness (QED) is 0.819. The topological polar surface area (TPSA) is 32.7 Å². The molecule has 100 valence electrons. The van der Waals surface area contributed by atoms with Gasteiger partial charge in [-0.1, -0.05) is 20.8 Å². The fraction of sp³-hybridized carbons (Fsp3) is 1.00. The van der Waals surface area contributed by atoms with Gasteiger partial charge in [-0.05, 0) is 30.6 Å². The Morgan fingerprint density at radius 2 is 2.18 bits per heavy atom. The molecule has 3 heteroatoms. The molecule has 0 bridgehead atoms. The number of aliphatic hydroxyl groups is 1. The van der Waals surface area contributed by atoms with Crippen LogP contribution in [-0.2, 0) is 4.74 Å². The average Bonchev–Trinajstić information content (AvgIpc) is 2.57. The van der Waals surface area contributed by atoms with Gasteiger partial charge in [0.15, 0.2) is 0 Å². The molecular weight excluding hydrogens is 214 g/mol. The van der Waals surface area contributed by atoms with Crippen LogP contribution in [-0.4, -0.2) is 48.5 Å². The number of ether oxygens (including phenoxy) is 1. The number of hydrogen-bond donors (Lipinski definition) is 1. The lowest BCUT2D eigenvalue weighted by atomic mass is 9.87. The monoisotopic (exact) mass is 241 g/mol. The third kappa shape index (κ3) is 2.83. The zero-order chi connectivity index (χ0) is 12.5. The van der Waals surface area contributed by atoms with Crippen molar-refractivity contribution in [2.24, 2.45) is 11.3 Å². The second-order valence-corrected chi connectivity index (χ2v) is 6.36. The molecule has 0 spiro atoms. The van der Waals surface area contributed by atoms with Crippen LogP contribution in [0.4, 0.5) is 0 Å². The second-order valence-electron chi connectivity index (χ2n) is 6.36. The smallest absolute Gasteiger partial charge is 0.0631 e. The van der Waals surface area contributed by atoms with Crippen molar-refractivity contribution in [1.82, 2.24) is 4.90 Å². The molecule has 1 aliphatic heterocycles. The molecule has 0 aromatic carbocycles. The van der Waals surface area contributed by atoms with Crippen LogP contribution in [0.1, 0.15) is 40.0 Å². The van der Waals surface area contributed by atoms with Crippen LogP contribution in [0.25, 0.3) is 0 Å². The molecule has 3 nitrogen and oxygen atoms in total. The van der Waals surface area contributed by atoms with Crippen LogP contribution >= 0.6 is 0 Å². The van der Waals surface area contributed by atoms with Crippen LogP contribution < -0.4 is 0 Å². The molecule has 0 aromatic rings. The van der Waals surface area contributed by atoms with Crippen molar-refractivity contribution >= 4 is 0 Å². The van der Waals surface area contributed by atoms with Gasteiger partial charge in [-0.3, -0.25) is 4.90 Å².